The Morgan fingerprint density at radius 1 is 1.39 bits per heavy atom. The molecule has 11 heteroatoms. The first-order valence-corrected chi connectivity index (χ1v) is 9.26. The Bertz CT molecular complexity index is 867. The predicted molar refractivity (Wildman–Crippen MR) is 94.0 cm³/mol. The van der Waals surface area contributed by atoms with E-state index in [1.807, 2.05) is 0 Å². The van der Waals surface area contributed by atoms with Gasteiger partial charge in [-0.15, -0.1) is 0 Å². The molecule has 0 saturated heterocycles. The maximum Gasteiger partial charge on any atom is 0.420 e. The van der Waals surface area contributed by atoms with Gasteiger partial charge in [-0.3, -0.25) is 14.6 Å². The quantitative estimate of drug-likeness (QED) is 0.550. The van der Waals surface area contributed by atoms with Crippen LogP contribution < -0.4 is 10.5 Å². The standard InChI is InChI=1S/C17H17F5N4OS/c18-16(19)5-4-10(7-16)9-26-14(13(8-24-26)17(20,21)22)15(27)25-11-2-1-3-12(6-11)28-23/h1-3,6,8,10H,4-5,7,9,23H2,(H,25,27). The predicted octanol–water partition coefficient (Wildman–Crippen LogP) is 4.56. The van der Waals surface area contributed by atoms with Gasteiger partial charge in [0.1, 0.15) is 11.3 Å². The fourth-order valence-corrected chi connectivity index (χ4v) is 3.60. The lowest BCUT2D eigenvalue weighted by Crippen LogP contribution is -2.24. The second kappa shape index (κ2) is 7.70. The van der Waals surface area contributed by atoms with Gasteiger partial charge in [-0.25, -0.2) is 8.78 Å². The van der Waals surface area contributed by atoms with Crippen molar-refractivity contribution in [1.82, 2.24) is 9.78 Å². The number of carbonyl (C=O) groups is 1. The number of benzene rings is 1. The highest BCUT2D eigenvalue weighted by molar-refractivity contribution is 7.97. The van der Waals surface area contributed by atoms with Crippen LogP contribution in [-0.2, 0) is 12.7 Å². The molecule has 2 aromatic rings. The molecule has 1 heterocycles. The third-order valence-corrected chi connectivity index (χ3v) is 5.05. The lowest BCUT2D eigenvalue weighted by Gasteiger charge is -2.15. The van der Waals surface area contributed by atoms with Crippen molar-refractivity contribution in [3.63, 3.8) is 0 Å². The minimum absolute atomic E-state index is 0.158. The van der Waals surface area contributed by atoms with Crippen molar-refractivity contribution in [2.24, 2.45) is 11.1 Å². The molecule has 0 spiro atoms. The number of rotatable bonds is 5. The third-order valence-electron chi connectivity index (χ3n) is 4.52. The largest absolute Gasteiger partial charge is 0.420 e. The molecule has 0 aliphatic heterocycles. The van der Waals surface area contributed by atoms with Crippen LogP contribution in [0, 0.1) is 5.92 Å². The van der Waals surface area contributed by atoms with Crippen molar-refractivity contribution in [3.8, 4) is 0 Å². The minimum Gasteiger partial charge on any atom is -0.321 e. The highest BCUT2D eigenvalue weighted by Crippen LogP contribution is 2.40. The summed E-state index contributed by atoms with van der Waals surface area (Å²) in [5.74, 6) is -4.42. The second-order valence-corrected chi connectivity index (χ2v) is 7.36. The number of hydrogen-bond donors (Lipinski definition) is 2. The summed E-state index contributed by atoms with van der Waals surface area (Å²) in [6.45, 7) is -0.187. The van der Waals surface area contributed by atoms with Gasteiger partial charge >= 0.3 is 6.18 Å². The number of alkyl halides is 5. The maximum atomic E-state index is 13.4. The number of nitrogens with one attached hydrogen (secondary N) is 1. The molecule has 0 bridgehead atoms. The Labute approximate surface area is 161 Å². The second-order valence-electron chi connectivity index (χ2n) is 6.65. The van der Waals surface area contributed by atoms with E-state index in [2.05, 4.69) is 10.4 Å². The first-order valence-electron chi connectivity index (χ1n) is 8.38. The summed E-state index contributed by atoms with van der Waals surface area (Å²) in [5, 5.41) is 11.5. The highest BCUT2D eigenvalue weighted by Gasteiger charge is 2.42. The Morgan fingerprint density at radius 2 is 2.14 bits per heavy atom. The topological polar surface area (TPSA) is 72.9 Å². The molecule has 1 aromatic heterocycles. The van der Waals surface area contributed by atoms with Crippen molar-refractivity contribution in [2.75, 3.05) is 5.32 Å². The smallest absolute Gasteiger partial charge is 0.321 e. The highest BCUT2D eigenvalue weighted by atomic mass is 32.2. The van der Waals surface area contributed by atoms with Gasteiger partial charge < -0.3 is 5.32 Å². The van der Waals surface area contributed by atoms with Crippen LogP contribution in [0.2, 0.25) is 0 Å². The first kappa shape index (κ1) is 20.6. The third kappa shape index (κ3) is 4.64. The van der Waals surface area contributed by atoms with Crippen LogP contribution in [0.1, 0.15) is 35.3 Å². The molecule has 1 unspecified atom stereocenters. The molecule has 1 fully saturated rings. The zero-order valence-corrected chi connectivity index (χ0v) is 15.3. The summed E-state index contributed by atoms with van der Waals surface area (Å²) in [7, 11) is 0. The Morgan fingerprint density at radius 3 is 2.75 bits per heavy atom. The van der Waals surface area contributed by atoms with Crippen LogP contribution in [0.5, 0.6) is 0 Å². The molecular weight excluding hydrogens is 403 g/mol. The molecule has 1 saturated carbocycles. The molecule has 1 atom stereocenters. The van der Waals surface area contributed by atoms with Crippen LogP contribution in [0.3, 0.4) is 0 Å². The summed E-state index contributed by atoms with van der Waals surface area (Å²) in [6.07, 6.45) is -4.86. The zero-order valence-electron chi connectivity index (χ0n) is 14.5. The number of aromatic nitrogens is 2. The summed E-state index contributed by atoms with van der Waals surface area (Å²) in [4.78, 5) is 13.2. The van der Waals surface area contributed by atoms with Gasteiger partial charge in [0.25, 0.3) is 5.91 Å². The fraction of sp³-hybridized carbons (Fsp3) is 0.412. The van der Waals surface area contributed by atoms with Gasteiger partial charge in [-0.1, -0.05) is 6.07 Å². The number of nitrogens with zero attached hydrogens (tertiary/aromatic N) is 2. The molecule has 5 nitrogen and oxygen atoms in total. The van der Waals surface area contributed by atoms with Gasteiger partial charge in [-0.2, -0.15) is 18.3 Å². The number of amides is 1. The molecule has 1 aliphatic carbocycles. The lowest BCUT2D eigenvalue weighted by molar-refractivity contribution is -0.138. The summed E-state index contributed by atoms with van der Waals surface area (Å²) < 4.78 is 67.7. The van der Waals surface area contributed by atoms with Gasteiger partial charge in [0.15, 0.2) is 0 Å². The molecule has 1 amide bonds. The monoisotopic (exact) mass is 420 g/mol. The van der Waals surface area contributed by atoms with Crippen LogP contribution >= 0.6 is 11.9 Å². The fourth-order valence-electron chi connectivity index (χ4n) is 3.25. The van der Waals surface area contributed by atoms with E-state index in [0.717, 1.165) is 16.6 Å². The molecule has 28 heavy (non-hydrogen) atoms. The normalized spacial score (nSPS) is 19.0. The number of anilines is 1. The Balaban J connectivity index is 1.88. The van der Waals surface area contributed by atoms with Crippen LogP contribution in [-0.4, -0.2) is 21.6 Å². The van der Waals surface area contributed by atoms with E-state index in [4.69, 9.17) is 5.14 Å². The minimum atomic E-state index is -4.81. The van der Waals surface area contributed by atoms with E-state index >= 15 is 0 Å². The van der Waals surface area contributed by atoms with Crippen molar-refractivity contribution < 1.29 is 26.7 Å². The average molecular weight is 420 g/mol. The summed E-state index contributed by atoms with van der Waals surface area (Å²) >= 11 is 0.919. The molecule has 3 rings (SSSR count). The van der Waals surface area contributed by atoms with Crippen molar-refractivity contribution >= 4 is 23.5 Å². The van der Waals surface area contributed by atoms with Crippen LogP contribution in [0.25, 0.3) is 0 Å². The van der Waals surface area contributed by atoms with Gasteiger partial charge in [0.2, 0.25) is 5.92 Å². The zero-order chi connectivity index (χ0) is 20.5. The number of halogens is 5. The SMILES string of the molecule is NSc1cccc(NC(=O)c2c(C(F)(F)F)cnn2CC2CCC(F)(F)C2)c1. The van der Waals surface area contributed by atoms with E-state index in [0.29, 0.717) is 11.1 Å². The van der Waals surface area contributed by atoms with Crippen LogP contribution in [0.4, 0.5) is 27.6 Å². The summed E-state index contributed by atoms with van der Waals surface area (Å²) in [5.41, 5.74) is -1.65. The molecule has 0 radical (unpaired) electrons. The Hall–Kier alpha value is -2.14. The van der Waals surface area contributed by atoms with Gasteiger partial charge in [0.05, 0.1) is 6.20 Å². The molecular formula is C17H17F5N4OS. The van der Waals surface area contributed by atoms with Crippen molar-refractivity contribution in [1.29, 1.82) is 0 Å². The van der Waals surface area contributed by atoms with E-state index < -0.39 is 41.6 Å². The number of nitrogens with two attached hydrogens (primary N) is 1. The molecule has 3 N–H and O–H groups in total. The molecule has 1 aliphatic rings. The average Bonchev–Trinajstić information content (AvgIpc) is 3.18. The Kier molecular flexibility index (Phi) is 5.67. The first-order chi connectivity index (χ1) is 13.1. The molecule has 1 aromatic carbocycles. The van der Waals surface area contributed by atoms with E-state index in [1.165, 1.54) is 12.1 Å². The number of hydrogen-bond acceptors (Lipinski definition) is 4. The lowest BCUT2D eigenvalue weighted by atomic mass is 10.1. The number of carbonyl (C=O) groups excluding carboxylic acids is 1. The van der Waals surface area contributed by atoms with E-state index in [9.17, 15) is 26.7 Å². The van der Waals surface area contributed by atoms with Crippen LogP contribution in [0.15, 0.2) is 35.4 Å². The van der Waals surface area contributed by atoms with Gasteiger partial charge in [0, 0.05) is 30.0 Å². The van der Waals surface area contributed by atoms with E-state index in [-0.39, 0.29) is 25.1 Å². The molecule has 152 valence electrons. The van der Waals surface area contributed by atoms with Crippen molar-refractivity contribution in [2.45, 2.75) is 42.8 Å². The van der Waals surface area contributed by atoms with Gasteiger partial charge in [-0.05, 0) is 42.5 Å². The van der Waals surface area contributed by atoms with Crippen molar-refractivity contribution in [3.05, 3.63) is 41.7 Å². The van der Waals surface area contributed by atoms with E-state index in [1.54, 1.807) is 12.1 Å². The summed E-state index contributed by atoms with van der Waals surface area (Å²) in [6, 6.07) is 6.27. The maximum absolute atomic E-state index is 13.4.